The van der Waals surface area contributed by atoms with Crippen LogP contribution in [-0.2, 0) is 21.6 Å². The van der Waals surface area contributed by atoms with Gasteiger partial charge in [-0.15, -0.1) is 5.01 Å². The summed E-state index contributed by atoms with van der Waals surface area (Å²) < 4.78 is 7.97. The number of nitrogens with one attached hydrogen (secondary N) is 1. The highest BCUT2D eigenvalue weighted by Gasteiger charge is 2.51. The smallest absolute Gasteiger partial charge is 0.346 e. The summed E-state index contributed by atoms with van der Waals surface area (Å²) in [5.41, 5.74) is 2.72. The molecular formula is C23H28N4O3. The van der Waals surface area contributed by atoms with E-state index in [9.17, 15) is 9.59 Å². The Morgan fingerprint density at radius 1 is 1.27 bits per heavy atom. The number of ether oxygens (including phenoxy) is 1. The number of carbonyl (C=O) groups is 2. The summed E-state index contributed by atoms with van der Waals surface area (Å²) in [4.78, 5) is 25.8. The van der Waals surface area contributed by atoms with Crippen molar-refractivity contribution in [1.82, 2.24) is 14.9 Å². The maximum atomic E-state index is 13.2. The largest absolute Gasteiger partial charge is 0.376 e. The van der Waals surface area contributed by atoms with Crippen molar-refractivity contribution >= 4 is 18.2 Å². The van der Waals surface area contributed by atoms with Crippen LogP contribution >= 0.6 is 0 Å². The zero-order valence-electron chi connectivity index (χ0n) is 17.7. The first-order valence-electron chi connectivity index (χ1n) is 10.5. The molecule has 3 amide bonds. The quantitative estimate of drug-likeness (QED) is 0.587. The van der Waals surface area contributed by atoms with E-state index in [0.29, 0.717) is 6.42 Å². The van der Waals surface area contributed by atoms with Gasteiger partial charge >= 0.3 is 6.03 Å². The Bertz CT molecular complexity index is 976. The van der Waals surface area contributed by atoms with Crippen LogP contribution < -0.4 is 5.32 Å². The topological polar surface area (TPSA) is 75.9 Å². The summed E-state index contributed by atoms with van der Waals surface area (Å²) in [5, 5.41) is 8.07. The molecule has 2 aliphatic heterocycles. The fourth-order valence-electron chi connectivity index (χ4n) is 4.38. The summed E-state index contributed by atoms with van der Waals surface area (Å²) >= 11 is 0. The molecule has 4 rings (SSSR count). The second-order valence-corrected chi connectivity index (χ2v) is 7.99. The van der Waals surface area contributed by atoms with Crippen LogP contribution in [0.4, 0.5) is 4.79 Å². The molecule has 0 bridgehead atoms. The number of hydrogen-bond acceptors (Lipinski definition) is 4. The van der Waals surface area contributed by atoms with Crippen molar-refractivity contribution in [3.05, 3.63) is 58.9 Å². The lowest BCUT2D eigenvalue weighted by Gasteiger charge is -2.24. The van der Waals surface area contributed by atoms with Crippen LogP contribution in [0.3, 0.4) is 0 Å². The van der Waals surface area contributed by atoms with Crippen molar-refractivity contribution in [2.45, 2.75) is 58.2 Å². The Morgan fingerprint density at radius 3 is 2.70 bits per heavy atom. The van der Waals surface area contributed by atoms with Gasteiger partial charge in [0.2, 0.25) is 0 Å². The summed E-state index contributed by atoms with van der Waals surface area (Å²) in [7, 11) is 0. The molecule has 1 N–H and O–H groups in total. The first kappa shape index (κ1) is 20.3. The van der Waals surface area contributed by atoms with Crippen LogP contribution in [0.15, 0.2) is 41.5 Å². The van der Waals surface area contributed by atoms with Gasteiger partial charge in [0.1, 0.15) is 5.54 Å². The Morgan fingerprint density at radius 2 is 2.03 bits per heavy atom. The Hall–Kier alpha value is -2.93. The van der Waals surface area contributed by atoms with Crippen molar-refractivity contribution in [2.75, 3.05) is 6.61 Å². The standard InChI is InChI=1S/C23H28N4O3/c1-4-23(19-9-6-5-7-10-19)21(28)27(22(29)25-23)24-14-18-13-16(2)26(17(18)3)15-20-11-8-12-30-20/h5-7,9-10,13-14,20H,4,8,11-12,15H2,1-3H3,(H,25,29)/b24-14-/t20-,23+/m1/s1. The zero-order chi connectivity index (χ0) is 21.3. The fourth-order valence-corrected chi connectivity index (χ4v) is 4.38. The minimum Gasteiger partial charge on any atom is -0.376 e. The summed E-state index contributed by atoms with van der Waals surface area (Å²) in [5.74, 6) is -0.356. The monoisotopic (exact) mass is 408 g/mol. The van der Waals surface area contributed by atoms with Crippen LogP contribution in [0.2, 0.25) is 0 Å². The van der Waals surface area contributed by atoms with Crippen molar-refractivity contribution in [1.29, 1.82) is 0 Å². The molecule has 0 spiro atoms. The predicted molar refractivity (Wildman–Crippen MR) is 114 cm³/mol. The number of hydrogen-bond donors (Lipinski definition) is 1. The highest BCUT2D eigenvalue weighted by atomic mass is 16.5. The normalized spacial score (nSPS) is 24.2. The maximum absolute atomic E-state index is 13.2. The molecule has 7 nitrogen and oxygen atoms in total. The summed E-state index contributed by atoms with van der Waals surface area (Å²) in [6.07, 6.45) is 4.46. The summed E-state index contributed by atoms with van der Waals surface area (Å²) in [6, 6.07) is 10.8. The van der Waals surface area contributed by atoms with E-state index in [4.69, 9.17) is 4.74 Å². The molecule has 158 valence electrons. The van der Waals surface area contributed by atoms with Crippen LogP contribution in [0, 0.1) is 13.8 Å². The highest BCUT2D eigenvalue weighted by Crippen LogP contribution is 2.32. The van der Waals surface area contributed by atoms with E-state index in [0.717, 1.165) is 53.5 Å². The second-order valence-electron chi connectivity index (χ2n) is 7.99. The number of aromatic nitrogens is 1. The minimum absolute atomic E-state index is 0.238. The van der Waals surface area contributed by atoms with Crippen molar-refractivity contribution < 1.29 is 14.3 Å². The number of carbonyl (C=O) groups excluding carboxylic acids is 2. The van der Waals surface area contributed by atoms with Gasteiger partial charge in [0.15, 0.2) is 0 Å². The zero-order valence-corrected chi connectivity index (χ0v) is 17.7. The minimum atomic E-state index is -1.08. The van der Waals surface area contributed by atoms with E-state index in [1.165, 1.54) is 0 Å². The Labute approximate surface area is 176 Å². The SMILES string of the molecule is CC[C@@]1(c2ccccc2)NC(=O)N(/N=C\c2cc(C)n(C[C@H]3CCCO3)c2C)C1=O. The van der Waals surface area contributed by atoms with Gasteiger partial charge in [0, 0.05) is 30.1 Å². The molecule has 0 saturated carbocycles. The third-order valence-electron chi connectivity index (χ3n) is 6.20. The van der Waals surface area contributed by atoms with Gasteiger partial charge < -0.3 is 14.6 Å². The van der Waals surface area contributed by atoms with Crippen molar-refractivity contribution in [3.63, 3.8) is 0 Å². The molecule has 3 heterocycles. The van der Waals surface area contributed by atoms with Crippen molar-refractivity contribution in [2.24, 2.45) is 5.10 Å². The van der Waals surface area contributed by atoms with Crippen LogP contribution in [-0.4, -0.2) is 40.4 Å². The molecule has 2 aliphatic rings. The van der Waals surface area contributed by atoms with Gasteiger partial charge in [-0.2, -0.15) is 5.10 Å². The van der Waals surface area contributed by atoms with Gasteiger partial charge in [0.25, 0.3) is 5.91 Å². The van der Waals surface area contributed by atoms with E-state index in [1.807, 2.05) is 57.2 Å². The van der Waals surface area contributed by atoms with Crippen molar-refractivity contribution in [3.8, 4) is 0 Å². The maximum Gasteiger partial charge on any atom is 0.346 e. The molecule has 0 radical (unpaired) electrons. The molecule has 1 aromatic heterocycles. The fraction of sp³-hybridized carbons (Fsp3) is 0.435. The number of benzene rings is 1. The lowest BCUT2D eigenvalue weighted by molar-refractivity contribution is -0.131. The molecule has 0 aliphatic carbocycles. The lowest BCUT2D eigenvalue weighted by atomic mass is 9.87. The van der Waals surface area contributed by atoms with Gasteiger partial charge in [0.05, 0.1) is 12.3 Å². The first-order chi connectivity index (χ1) is 14.5. The average molecular weight is 409 g/mol. The van der Waals surface area contributed by atoms with Gasteiger partial charge in [-0.1, -0.05) is 37.3 Å². The van der Waals surface area contributed by atoms with Crippen LogP contribution in [0.25, 0.3) is 0 Å². The highest BCUT2D eigenvalue weighted by molar-refractivity contribution is 6.07. The lowest BCUT2D eigenvalue weighted by Crippen LogP contribution is -2.43. The number of amides is 3. The van der Waals surface area contributed by atoms with Gasteiger partial charge in [-0.3, -0.25) is 4.79 Å². The number of nitrogens with zero attached hydrogens (tertiary/aromatic N) is 3. The van der Waals surface area contributed by atoms with E-state index in [1.54, 1.807) is 6.21 Å². The molecule has 30 heavy (non-hydrogen) atoms. The molecule has 2 aromatic rings. The van der Waals surface area contributed by atoms with Gasteiger partial charge in [-0.05, 0) is 44.7 Å². The number of imide groups is 1. The third-order valence-corrected chi connectivity index (χ3v) is 6.20. The molecular weight excluding hydrogens is 380 g/mol. The molecule has 1 aromatic carbocycles. The van der Waals surface area contributed by atoms with E-state index >= 15 is 0 Å². The number of rotatable bonds is 6. The molecule has 2 atom stereocenters. The van der Waals surface area contributed by atoms with E-state index in [-0.39, 0.29) is 12.0 Å². The van der Waals surface area contributed by atoms with E-state index < -0.39 is 11.6 Å². The Kier molecular flexibility index (Phi) is 5.47. The first-order valence-corrected chi connectivity index (χ1v) is 10.5. The van der Waals surface area contributed by atoms with Crippen LogP contribution in [0.5, 0.6) is 0 Å². The number of urea groups is 1. The molecule has 7 heteroatoms. The molecule has 2 fully saturated rings. The van der Waals surface area contributed by atoms with Crippen LogP contribution in [0.1, 0.15) is 48.7 Å². The summed E-state index contributed by atoms with van der Waals surface area (Å²) in [6.45, 7) is 7.59. The third kappa shape index (κ3) is 3.43. The molecule has 0 unspecified atom stereocenters. The number of hydrazone groups is 1. The average Bonchev–Trinajstić information content (AvgIpc) is 3.42. The predicted octanol–water partition coefficient (Wildman–Crippen LogP) is 3.48. The van der Waals surface area contributed by atoms with E-state index in [2.05, 4.69) is 15.0 Å². The molecule has 2 saturated heterocycles. The second kappa shape index (κ2) is 8.07. The Balaban J connectivity index is 1.57. The number of aryl methyl sites for hydroxylation is 1. The van der Waals surface area contributed by atoms with Gasteiger partial charge in [-0.25, -0.2) is 4.79 Å².